The Bertz CT molecular complexity index is 540. The van der Waals surface area contributed by atoms with Crippen LogP contribution in [0.15, 0.2) is 24.3 Å². The minimum atomic E-state index is -1.61. The van der Waals surface area contributed by atoms with Gasteiger partial charge in [0.1, 0.15) is 5.75 Å². The second-order valence-electron chi connectivity index (χ2n) is 5.92. The van der Waals surface area contributed by atoms with Crippen molar-refractivity contribution in [2.45, 2.75) is 25.4 Å². The van der Waals surface area contributed by atoms with Crippen molar-refractivity contribution in [1.82, 2.24) is 10.6 Å². The molecule has 7 nitrogen and oxygen atoms in total. The average Bonchev–Trinajstić information content (AvgIpc) is 2.60. The summed E-state index contributed by atoms with van der Waals surface area (Å²) in [5, 5.41) is 23.4. The van der Waals surface area contributed by atoms with Gasteiger partial charge in [0.25, 0.3) is 5.91 Å². The zero-order chi connectivity index (χ0) is 17.4. The molecule has 1 atom stereocenters. The number of benzene rings is 1. The molecule has 7 heteroatoms. The molecule has 1 unspecified atom stereocenters. The standard InChI is InChI=1S/C17H24N2O5/c20-15(17(22)23)11-19-16(21)13-1-3-14(4-2-13)24-10-7-12-5-8-18-9-6-12/h1-4,12,15,18,20H,5-11H2,(H,19,21)(H,22,23). The third-order valence-corrected chi connectivity index (χ3v) is 4.11. The first-order valence-electron chi connectivity index (χ1n) is 8.19. The highest BCUT2D eigenvalue weighted by atomic mass is 16.5. The monoisotopic (exact) mass is 336 g/mol. The zero-order valence-corrected chi connectivity index (χ0v) is 13.5. The van der Waals surface area contributed by atoms with Crippen molar-refractivity contribution >= 4 is 11.9 Å². The number of nitrogens with one attached hydrogen (secondary N) is 2. The smallest absolute Gasteiger partial charge is 0.334 e. The number of hydrogen-bond acceptors (Lipinski definition) is 5. The number of hydrogen-bond donors (Lipinski definition) is 4. The van der Waals surface area contributed by atoms with E-state index in [4.69, 9.17) is 14.9 Å². The van der Waals surface area contributed by atoms with E-state index in [0.717, 1.165) is 19.5 Å². The number of carbonyl (C=O) groups is 2. The fourth-order valence-electron chi connectivity index (χ4n) is 2.60. The lowest BCUT2D eigenvalue weighted by Crippen LogP contribution is -2.36. The van der Waals surface area contributed by atoms with Gasteiger partial charge in [-0.2, -0.15) is 0 Å². The lowest BCUT2D eigenvalue weighted by atomic mass is 9.95. The highest BCUT2D eigenvalue weighted by molar-refractivity contribution is 5.94. The van der Waals surface area contributed by atoms with Gasteiger partial charge in [-0.05, 0) is 62.5 Å². The third kappa shape index (κ3) is 5.82. The summed E-state index contributed by atoms with van der Waals surface area (Å²) in [5.74, 6) is -0.396. The van der Waals surface area contributed by atoms with Crippen molar-refractivity contribution in [3.63, 3.8) is 0 Å². The van der Waals surface area contributed by atoms with Gasteiger partial charge in [0.05, 0.1) is 13.2 Å². The molecule has 1 aliphatic heterocycles. The molecule has 24 heavy (non-hydrogen) atoms. The number of aliphatic hydroxyl groups excluding tert-OH is 1. The van der Waals surface area contributed by atoms with Crippen LogP contribution in [-0.2, 0) is 4.79 Å². The lowest BCUT2D eigenvalue weighted by Gasteiger charge is -2.22. The summed E-state index contributed by atoms with van der Waals surface area (Å²) < 4.78 is 5.70. The molecule has 1 aliphatic rings. The first-order chi connectivity index (χ1) is 11.6. The maximum atomic E-state index is 11.8. The average molecular weight is 336 g/mol. The maximum absolute atomic E-state index is 11.8. The van der Waals surface area contributed by atoms with Crippen molar-refractivity contribution in [3.05, 3.63) is 29.8 Å². The fourth-order valence-corrected chi connectivity index (χ4v) is 2.60. The Morgan fingerprint density at radius 3 is 2.54 bits per heavy atom. The molecule has 0 radical (unpaired) electrons. The van der Waals surface area contributed by atoms with Gasteiger partial charge in [-0.1, -0.05) is 0 Å². The molecule has 132 valence electrons. The van der Waals surface area contributed by atoms with Crippen LogP contribution in [0.5, 0.6) is 5.75 Å². The van der Waals surface area contributed by atoms with E-state index in [9.17, 15) is 9.59 Å². The Hall–Kier alpha value is -2.12. The van der Waals surface area contributed by atoms with Gasteiger partial charge in [-0.25, -0.2) is 4.79 Å². The van der Waals surface area contributed by atoms with E-state index in [1.54, 1.807) is 24.3 Å². The number of aliphatic carboxylic acids is 1. The molecule has 4 N–H and O–H groups in total. The Morgan fingerprint density at radius 1 is 1.25 bits per heavy atom. The van der Waals surface area contributed by atoms with Crippen LogP contribution < -0.4 is 15.4 Å². The van der Waals surface area contributed by atoms with Crippen LogP contribution in [0.4, 0.5) is 0 Å². The summed E-state index contributed by atoms with van der Waals surface area (Å²) in [7, 11) is 0. The second kappa shape index (κ2) is 9.24. The van der Waals surface area contributed by atoms with Crippen LogP contribution >= 0.6 is 0 Å². The van der Waals surface area contributed by atoms with Gasteiger partial charge in [0.2, 0.25) is 0 Å². The van der Waals surface area contributed by atoms with Crippen LogP contribution in [0.1, 0.15) is 29.6 Å². The molecule has 0 spiro atoms. The number of ether oxygens (including phenoxy) is 1. The molecular weight excluding hydrogens is 312 g/mol. The summed E-state index contributed by atoms with van der Waals surface area (Å²) in [4.78, 5) is 22.3. The van der Waals surface area contributed by atoms with Gasteiger partial charge in [0, 0.05) is 5.56 Å². The quantitative estimate of drug-likeness (QED) is 0.555. The van der Waals surface area contributed by atoms with Gasteiger partial charge in [-0.15, -0.1) is 0 Å². The van der Waals surface area contributed by atoms with Gasteiger partial charge < -0.3 is 25.6 Å². The summed E-state index contributed by atoms with van der Waals surface area (Å²) in [6, 6.07) is 6.65. The molecule has 1 aromatic carbocycles. The highest BCUT2D eigenvalue weighted by Crippen LogP contribution is 2.18. The van der Waals surface area contributed by atoms with Gasteiger partial charge >= 0.3 is 5.97 Å². The Balaban J connectivity index is 1.73. The number of amides is 1. The lowest BCUT2D eigenvalue weighted by molar-refractivity contribution is -0.146. The zero-order valence-electron chi connectivity index (χ0n) is 13.5. The number of carboxylic acid groups (broad SMARTS) is 1. The summed E-state index contributed by atoms with van der Waals surface area (Å²) in [5.41, 5.74) is 0.387. The SMILES string of the molecule is O=C(NCC(O)C(=O)O)c1ccc(OCCC2CCNCC2)cc1. The first kappa shape index (κ1) is 18.2. The molecule has 2 rings (SSSR count). The fraction of sp³-hybridized carbons (Fsp3) is 0.529. The van der Waals surface area contributed by atoms with Crippen molar-refractivity contribution in [3.8, 4) is 5.75 Å². The number of rotatable bonds is 8. The Labute approximate surface area is 141 Å². The van der Waals surface area contributed by atoms with E-state index in [1.165, 1.54) is 12.8 Å². The number of carboxylic acids is 1. The first-order valence-corrected chi connectivity index (χ1v) is 8.19. The topological polar surface area (TPSA) is 108 Å². The Kier molecular flexibility index (Phi) is 7.02. The largest absolute Gasteiger partial charge is 0.494 e. The predicted octanol–water partition coefficient (Wildman–Crippen LogP) is 0.630. The molecule has 1 saturated heterocycles. The molecule has 0 saturated carbocycles. The third-order valence-electron chi connectivity index (χ3n) is 4.11. The van der Waals surface area contributed by atoms with Crippen molar-refractivity contribution < 1.29 is 24.5 Å². The van der Waals surface area contributed by atoms with E-state index < -0.39 is 18.0 Å². The summed E-state index contributed by atoms with van der Waals surface area (Å²) >= 11 is 0. The van der Waals surface area contributed by atoms with Crippen molar-refractivity contribution in [2.24, 2.45) is 5.92 Å². The van der Waals surface area contributed by atoms with E-state index in [1.807, 2.05) is 0 Å². The van der Waals surface area contributed by atoms with Crippen LogP contribution in [0.2, 0.25) is 0 Å². The molecule has 1 amide bonds. The minimum Gasteiger partial charge on any atom is -0.494 e. The number of carbonyl (C=O) groups excluding carboxylic acids is 1. The Morgan fingerprint density at radius 2 is 1.92 bits per heavy atom. The van der Waals surface area contributed by atoms with E-state index in [-0.39, 0.29) is 6.54 Å². The highest BCUT2D eigenvalue weighted by Gasteiger charge is 2.15. The maximum Gasteiger partial charge on any atom is 0.334 e. The number of aliphatic hydroxyl groups is 1. The van der Waals surface area contributed by atoms with Crippen LogP contribution in [-0.4, -0.2) is 54.4 Å². The number of piperidine rings is 1. The van der Waals surface area contributed by atoms with Gasteiger partial charge in [-0.3, -0.25) is 4.79 Å². The molecular formula is C17H24N2O5. The molecule has 0 bridgehead atoms. The van der Waals surface area contributed by atoms with Crippen LogP contribution in [0.3, 0.4) is 0 Å². The second-order valence-corrected chi connectivity index (χ2v) is 5.92. The van der Waals surface area contributed by atoms with Crippen LogP contribution in [0.25, 0.3) is 0 Å². The molecule has 1 heterocycles. The molecule has 1 fully saturated rings. The van der Waals surface area contributed by atoms with E-state index in [0.29, 0.717) is 23.8 Å². The molecule has 0 aliphatic carbocycles. The summed E-state index contributed by atoms with van der Waals surface area (Å²) in [6.45, 7) is 2.47. The van der Waals surface area contributed by atoms with E-state index >= 15 is 0 Å². The van der Waals surface area contributed by atoms with Crippen LogP contribution in [0, 0.1) is 5.92 Å². The van der Waals surface area contributed by atoms with Crippen molar-refractivity contribution in [1.29, 1.82) is 0 Å². The molecule has 1 aromatic rings. The van der Waals surface area contributed by atoms with Crippen molar-refractivity contribution in [2.75, 3.05) is 26.2 Å². The minimum absolute atomic E-state index is 0.331. The summed E-state index contributed by atoms with van der Waals surface area (Å²) in [6.07, 6.45) is 1.79. The van der Waals surface area contributed by atoms with E-state index in [2.05, 4.69) is 10.6 Å². The molecule has 0 aromatic heterocycles. The normalized spacial score (nSPS) is 16.4. The van der Waals surface area contributed by atoms with Gasteiger partial charge in [0.15, 0.2) is 6.10 Å². The predicted molar refractivity (Wildman–Crippen MR) is 88.1 cm³/mol.